The minimum absolute atomic E-state index is 0.0358. The van der Waals surface area contributed by atoms with Gasteiger partial charge in [0.2, 0.25) is 5.90 Å². The van der Waals surface area contributed by atoms with Crippen molar-refractivity contribution in [2.75, 3.05) is 32.1 Å². The maximum absolute atomic E-state index is 14.2. The maximum Gasteiger partial charge on any atom is 0.252 e. The molecule has 0 saturated heterocycles. The van der Waals surface area contributed by atoms with Gasteiger partial charge in [0.25, 0.3) is 5.91 Å². The lowest BCUT2D eigenvalue weighted by atomic mass is 9.85. The molecule has 0 spiro atoms. The summed E-state index contributed by atoms with van der Waals surface area (Å²) >= 11 is 3.61. The summed E-state index contributed by atoms with van der Waals surface area (Å²) in [5, 5.41) is 12.0. The Hall–Kier alpha value is -3.25. The van der Waals surface area contributed by atoms with Crippen LogP contribution in [0.1, 0.15) is 50.3 Å². The van der Waals surface area contributed by atoms with Gasteiger partial charge in [0, 0.05) is 48.2 Å². The molecule has 2 atom stereocenters. The number of nitrogens with one attached hydrogen (secondary N) is 1. The predicted octanol–water partition coefficient (Wildman–Crippen LogP) is 5.26. The van der Waals surface area contributed by atoms with Gasteiger partial charge in [-0.15, -0.1) is 0 Å². The number of hydrogen-bond donors (Lipinski definition) is 2. The van der Waals surface area contributed by atoms with Gasteiger partial charge < -0.3 is 24.6 Å². The van der Waals surface area contributed by atoms with Gasteiger partial charge in [-0.2, -0.15) is 0 Å². The Morgan fingerprint density at radius 1 is 1.02 bits per heavy atom. The highest BCUT2D eigenvalue weighted by Gasteiger charge is 2.54. The van der Waals surface area contributed by atoms with E-state index in [9.17, 15) is 13.2 Å². The summed E-state index contributed by atoms with van der Waals surface area (Å²) in [5.41, 5.74) is -0.302. The van der Waals surface area contributed by atoms with Crippen LogP contribution in [0.2, 0.25) is 0 Å². The topological polar surface area (TPSA) is 124 Å². The summed E-state index contributed by atoms with van der Waals surface area (Å²) in [7, 11) is -3.74. The van der Waals surface area contributed by atoms with E-state index in [2.05, 4.69) is 21.2 Å². The molecule has 9 nitrogen and oxygen atoms in total. The van der Waals surface area contributed by atoms with E-state index >= 15 is 0 Å². The van der Waals surface area contributed by atoms with Crippen molar-refractivity contribution < 1.29 is 32.5 Å². The third-order valence-electron chi connectivity index (χ3n) is 7.13. The van der Waals surface area contributed by atoms with E-state index in [0.29, 0.717) is 53.9 Å². The second-order valence-corrected chi connectivity index (χ2v) is 13.7. The van der Waals surface area contributed by atoms with E-state index in [0.717, 1.165) is 0 Å². The minimum Gasteiger partial charge on any atom is -0.494 e. The number of ether oxygens (including phenoxy) is 3. The number of nitrogens with zero attached hydrogens (tertiary/aromatic N) is 1. The molecule has 4 rings (SSSR count). The highest BCUT2D eigenvalue weighted by atomic mass is 79.9. The molecular weight excluding hydrogens is 648 g/mol. The Kier molecular flexibility index (Phi) is 12.0. The Balaban J connectivity index is 1.72. The number of amides is 1. The fourth-order valence-corrected chi connectivity index (χ4v) is 6.70. The molecule has 44 heavy (non-hydrogen) atoms. The van der Waals surface area contributed by atoms with E-state index < -0.39 is 27.4 Å². The zero-order valence-corrected chi connectivity index (χ0v) is 27.3. The van der Waals surface area contributed by atoms with Crippen LogP contribution in [-0.4, -0.2) is 69.1 Å². The summed E-state index contributed by atoms with van der Waals surface area (Å²) in [6.07, 6.45) is 0.139. The number of hydrogen-bond acceptors (Lipinski definition) is 8. The number of sulfone groups is 1. The minimum atomic E-state index is -3.74. The summed E-state index contributed by atoms with van der Waals surface area (Å²) < 4.78 is 45.4. The lowest BCUT2D eigenvalue weighted by molar-refractivity contribution is -0.129. The average molecular weight is 688 g/mol. The molecule has 3 aromatic rings. The highest BCUT2D eigenvalue weighted by Crippen LogP contribution is 2.45. The standard InChI is InChI=1S/C33H39BrN2O7S/c1-24(2)41-21-8-19-35-32(38)33(18-23-44(39,40)27-10-4-3-5-11-27)30(28-12-6-7-13-29(28)34)43-31(36-33)25-14-16-26(17-15-25)42-22-9-20-37/h3-7,10-17,24,30,37H,8-9,18-23H2,1-2H3,(H,35,38)/t30-,33-/m1/s1. The number of aliphatic imine (C=N–C) groups is 1. The van der Waals surface area contributed by atoms with Crippen LogP contribution in [0, 0.1) is 0 Å². The third-order valence-corrected chi connectivity index (χ3v) is 9.58. The van der Waals surface area contributed by atoms with Crippen LogP contribution in [-0.2, 0) is 24.1 Å². The van der Waals surface area contributed by atoms with Crippen LogP contribution < -0.4 is 10.1 Å². The molecule has 1 aliphatic heterocycles. The first-order valence-electron chi connectivity index (χ1n) is 14.7. The Labute approximate surface area is 267 Å². The molecule has 1 aliphatic rings. The Morgan fingerprint density at radius 2 is 1.73 bits per heavy atom. The first-order chi connectivity index (χ1) is 21.2. The Morgan fingerprint density at radius 3 is 2.41 bits per heavy atom. The first kappa shape index (κ1) is 33.6. The van der Waals surface area contributed by atoms with Crippen molar-refractivity contribution in [2.45, 2.75) is 55.8 Å². The van der Waals surface area contributed by atoms with Crippen molar-refractivity contribution in [3.05, 3.63) is 94.5 Å². The molecular formula is C33H39BrN2O7S. The van der Waals surface area contributed by atoms with Crippen molar-refractivity contribution in [1.29, 1.82) is 0 Å². The second-order valence-electron chi connectivity index (χ2n) is 10.7. The summed E-state index contributed by atoms with van der Waals surface area (Å²) in [6.45, 7) is 5.10. The van der Waals surface area contributed by atoms with Crippen molar-refractivity contribution in [1.82, 2.24) is 5.32 Å². The number of carbonyl (C=O) groups excluding carboxylic acids is 1. The quantitative estimate of drug-likeness (QED) is 0.197. The monoisotopic (exact) mass is 686 g/mol. The van der Waals surface area contributed by atoms with E-state index in [1.165, 1.54) is 0 Å². The molecule has 0 unspecified atom stereocenters. The third kappa shape index (κ3) is 8.47. The molecule has 0 saturated carbocycles. The average Bonchev–Trinajstić information content (AvgIpc) is 3.41. The molecule has 0 aromatic heterocycles. The van der Waals surface area contributed by atoms with Gasteiger partial charge in [0.05, 0.1) is 23.4 Å². The largest absolute Gasteiger partial charge is 0.494 e. The number of aliphatic hydroxyl groups is 1. The van der Waals surface area contributed by atoms with Gasteiger partial charge >= 0.3 is 0 Å². The van der Waals surface area contributed by atoms with Crippen LogP contribution >= 0.6 is 15.9 Å². The SMILES string of the molecule is CC(C)OCCCNC(=O)[C@]1(CCS(=O)(=O)c2ccccc2)N=C(c2ccc(OCCCO)cc2)O[C@@H]1c1ccccc1Br. The summed E-state index contributed by atoms with van der Waals surface area (Å²) in [4.78, 5) is 19.3. The summed E-state index contributed by atoms with van der Waals surface area (Å²) in [6, 6.07) is 22.7. The second kappa shape index (κ2) is 15.7. The molecule has 0 bridgehead atoms. The van der Waals surface area contributed by atoms with E-state index in [-0.39, 0.29) is 35.7 Å². The van der Waals surface area contributed by atoms with Gasteiger partial charge in [0.15, 0.2) is 21.5 Å². The number of carbonyl (C=O) groups is 1. The van der Waals surface area contributed by atoms with E-state index in [1.54, 1.807) is 54.6 Å². The number of benzene rings is 3. The van der Waals surface area contributed by atoms with Crippen molar-refractivity contribution in [3.8, 4) is 5.75 Å². The highest BCUT2D eigenvalue weighted by molar-refractivity contribution is 9.10. The van der Waals surface area contributed by atoms with Gasteiger partial charge in [-0.05, 0) is 62.7 Å². The maximum atomic E-state index is 14.2. The van der Waals surface area contributed by atoms with Gasteiger partial charge in [-0.3, -0.25) is 4.79 Å². The first-order valence-corrected chi connectivity index (χ1v) is 17.1. The normalized spacial score (nSPS) is 18.1. The molecule has 2 N–H and O–H groups in total. The fourth-order valence-electron chi connectivity index (χ4n) is 4.82. The number of halogens is 1. The predicted molar refractivity (Wildman–Crippen MR) is 173 cm³/mol. The number of rotatable bonds is 16. The van der Waals surface area contributed by atoms with E-state index in [4.69, 9.17) is 24.3 Å². The zero-order valence-electron chi connectivity index (χ0n) is 24.9. The molecule has 11 heteroatoms. The van der Waals surface area contributed by atoms with E-state index in [1.807, 2.05) is 38.1 Å². The molecule has 1 amide bonds. The van der Waals surface area contributed by atoms with Gasteiger partial charge in [-0.25, -0.2) is 13.4 Å². The van der Waals surface area contributed by atoms with Crippen molar-refractivity contribution in [2.24, 2.45) is 4.99 Å². The molecule has 0 fully saturated rings. The molecule has 0 aliphatic carbocycles. The van der Waals surface area contributed by atoms with Gasteiger partial charge in [0.1, 0.15) is 5.75 Å². The van der Waals surface area contributed by atoms with Crippen LogP contribution in [0.25, 0.3) is 0 Å². The lowest BCUT2D eigenvalue weighted by Gasteiger charge is -2.31. The van der Waals surface area contributed by atoms with Gasteiger partial charge in [-0.1, -0.05) is 52.3 Å². The zero-order chi connectivity index (χ0) is 31.6. The smallest absolute Gasteiger partial charge is 0.252 e. The van der Waals surface area contributed by atoms with Crippen LogP contribution in [0.5, 0.6) is 5.75 Å². The van der Waals surface area contributed by atoms with Crippen molar-refractivity contribution in [3.63, 3.8) is 0 Å². The molecule has 1 heterocycles. The Bertz CT molecular complexity index is 1510. The summed E-state index contributed by atoms with van der Waals surface area (Å²) in [5.74, 6) is 0.0948. The van der Waals surface area contributed by atoms with Crippen LogP contribution in [0.15, 0.2) is 93.2 Å². The fraction of sp³-hybridized carbons (Fsp3) is 0.394. The van der Waals surface area contributed by atoms with Crippen molar-refractivity contribution >= 4 is 37.6 Å². The lowest BCUT2D eigenvalue weighted by Crippen LogP contribution is -2.49. The molecule has 0 radical (unpaired) electrons. The van der Waals surface area contributed by atoms with Crippen LogP contribution in [0.4, 0.5) is 0 Å². The molecule has 3 aromatic carbocycles. The molecule has 236 valence electrons. The van der Waals surface area contributed by atoms with Crippen LogP contribution in [0.3, 0.4) is 0 Å². The number of aliphatic hydroxyl groups excluding tert-OH is 1.